The van der Waals surface area contributed by atoms with Crippen molar-refractivity contribution in [2.24, 2.45) is 0 Å². The number of benzene rings is 2. The zero-order chi connectivity index (χ0) is 18.8. The van der Waals surface area contributed by atoms with E-state index in [1.54, 1.807) is 6.92 Å². The third-order valence-electron chi connectivity index (χ3n) is 4.15. The Balaban J connectivity index is 1.58. The first-order valence-corrected chi connectivity index (χ1v) is 9.46. The average molecular weight is 378 g/mol. The standard InChI is InChI=1S/C21H18N2O3S/c1-3-25-20(24)19-14(2)23-13-18(22-21(23)27-19)15-9-11-17(12-10-15)26-16-7-5-4-6-8-16/h4-13H,3H2,1-2H3. The van der Waals surface area contributed by atoms with E-state index in [1.165, 1.54) is 11.3 Å². The van der Waals surface area contributed by atoms with E-state index in [9.17, 15) is 4.79 Å². The van der Waals surface area contributed by atoms with E-state index in [0.717, 1.165) is 33.4 Å². The molecule has 0 atom stereocenters. The van der Waals surface area contributed by atoms with Gasteiger partial charge in [0.25, 0.3) is 0 Å². The number of nitrogens with zero attached hydrogens (tertiary/aromatic N) is 2. The molecule has 0 aliphatic rings. The normalized spacial score (nSPS) is 10.9. The molecule has 2 heterocycles. The van der Waals surface area contributed by atoms with E-state index in [-0.39, 0.29) is 5.97 Å². The highest BCUT2D eigenvalue weighted by Crippen LogP contribution is 2.29. The van der Waals surface area contributed by atoms with Crippen LogP contribution in [0.4, 0.5) is 0 Å². The minimum Gasteiger partial charge on any atom is -0.462 e. The van der Waals surface area contributed by atoms with Crippen molar-refractivity contribution < 1.29 is 14.3 Å². The lowest BCUT2D eigenvalue weighted by atomic mass is 10.1. The zero-order valence-corrected chi connectivity index (χ0v) is 15.8. The van der Waals surface area contributed by atoms with Gasteiger partial charge in [-0.05, 0) is 50.2 Å². The van der Waals surface area contributed by atoms with Gasteiger partial charge in [-0.15, -0.1) is 0 Å². The minimum absolute atomic E-state index is 0.297. The Morgan fingerprint density at radius 3 is 2.44 bits per heavy atom. The van der Waals surface area contributed by atoms with Crippen LogP contribution in [0.2, 0.25) is 0 Å². The number of para-hydroxylation sites is 1. The number of carbonyl (C=O) groups excluding carboxylic acids is 1. The molecule has 0 amide bonds. The molecule has 6 heteroatoms. The molecule has 136 valence electrons. The summed E-state index contributed by atoms with van der Waals surface area (Å²) in [6, 6.07) is 17.5. The maximum absolute atomic E-state index is 12.0. The fourth-order valence-electron chi connectivity index (χ4n) is 2.79. The molecule has 0 saturated carbocycles. The molecule has 0 aliphatic carbocycles. The Bertz CT molecular complexity index is 1080. The van der Waals surface area contributed by atoms with Gasteiger partial charge in [0, 0.05) is 17.5 Å². The highest BCUT2D eigenvalue weighted by atomic mass is 32.1. The summed E-state index contributed by atoms with van der Waals surface area (Å²) in [7, 11) is 0. The van der Waals surface area contributed by atoms with Crippen LogP contribution in [-0.2, 0) is 4.74 Å². The van der Waals surface area contributed by atoms with Crippen LogP contribution in [0.1, 0.15) is 22.3 Å². The summed E-state index contributed by atoms with van der Waals surface area (Å²) in [6.45, 7) is 4.06. The largest absolute Gasteiger partial charge is 0.462 e. The van der Waals surface area contributed by atoms with Gasteiger partial charge in [0.05, 0.1) is 12.3 Å². The van der Waals surface area contributed by atoms with E-state index in [4.69, 9.17) is 9.47 Å². The number of imidazole rings is 1. The fraction of sp³-hybridized carbons (Fsp3) is 0.143. The number of hydrogen-bond donors (Lipinski definition) is 0. The molecule has 2 aromatic heterocycles. The minimum atomic E-state index is -0.297. The van der Waals surface area contributed by atoms with E-state index < -0.39 is 0 Å². The van der Waals surface area contributed by atoms with Crippen molar-refractivity contribution in [2.45, 2.75) is 13.8 Å². The predicted molar refractivity (Wildman–Crippen MR) is 106 cm³/mol. The molecule has 4 rings (SSSR count). The quantitative estimate of drug-likeness (QED) is 0.440. The van der Waals surface area contributed by atoms with Crippen molar-refractivity contribution in [3.63, 3.8) is 0 Å². The number of hydrogen-bond acceptors (Lipinski definition) is 5. The van der Waals surface area contributed by atoms with Gasteiger partial charge >= 0.3 is 5.97 Å². The lowest BCUT2D eigenvalue weighted by Gasteiger charge is -2.05. The van der Waals surface area contributed by atoms with Crippen LogP contribution in [-0.4, -0.2) is 22.0 Å². The number of aromatic nitrogens is 2. The van der Waals surface area contributed by atoms with Crippen molar-refractivity contribution >= 4 is 22.3 Å². The SMILES string of the molecule is CCOC(=O)c1sc2nc(-c3ccc(Oc4ccccc4)cc3)cn2c1C. The summed E-state index contributed by atoms with van der Waals surface area (Å²) < 4.78 is 12.9. The fourth-order valence-corrected chi connectivity index (χ4v) is 3.80. The predicted octanol–water partition coefficient (Wildman–Crippen LogP) is 5.34. The molecule has 2 aromatic carbocycles. The molecule has 0 unspecified atom stereocenters. The topological polar surface area (TPSA) is 52.8 Å². The third kappa shape index (κ3) is 3.44. The Morgan fingerprint density at radius 2 is 1.78 bits per heavy atom. The first kappa shape index (κ1) is 17.3. The first-order chi connectivity index (χ1) is 13.2. The molecule has 4 aromatic rings. The summed E-state index contributed by atoms with van der Waals surface area (Å²) in [6.07, 6.45) is 1.94. The molecular formula is C21H18N2O3S. The molecule has 0 fully saturated rings. The van der Waals surface area contributed by atoms with Crippen LogP contribution in [0.25, 0.3) is 16.2 Å². The molecule has 27 heavy (non-hydrogen) atoms. The number of fused-ring (bicyclic) bond motifs is 1. The summed E-state index contributed by atoms with van der Waals surface area (Å²) in [4.78, 5) is 18.0. The summed E-state index contributed by atoms with van der Waals surface area (Å²) >= 11 is 1.35. The van der Waals surface area contributed by atoms with Gasteiger partial charge in [-0.1, -0.05) is 29.5 Å². The van der Waals surface area contributed by atoms with Crippen LogP contribution in [0.15, 0.2) is 60.8 Å². The lowest BCUT2D eigenvalue weighted by molar-refractivity contribution is 0.0531. The summed E-state index contributed by atoms with van der Waals surface area (Å²) in [5.74, 6) is 1.27. The van der Waals surface area contributed by atoms with Crippen LogP contribution >= 0.6 is 11.3 Å². The highest BCUT2D eigenvalue weighted by Gasteiger charge is 2.18. The number of rotatable bonds is 5. The molecule has 0 saturated heterocycles. The second-order valence-electron chi connectivity index (χ2n) is 5.96. The molecule has 0 N–H and O–H groups in total. The average Bonchev–Trinajstić information content (AvgIpc) is 3.23. The van der Waals surface area contributed by atoms with Crippen LogP contribution in [0, 0.1) is 6.92 Å². The molecule has 0 aliphatic heterocycles. The van der Waals surface area contributed by atoms with Crippen molar-refractivity contribution in [1.82, 2.24) is 9.38 Å². The Morgan fingerprint density at radius 1 is 1.07 bits per heavy atom. The Labute approximate surface area is 160 Å². The third-order valence-corrected chi connectivity index (χ3v) is 5.28. The van der Waals surface area contributed by atoms with E-state index >= 15 is 0 Å². The number of esters is 1. The maximum atomic E-state index is 12.0. The molecule has 0 bridgehead atoms. The van der Waals surface area contributed by atoms with Gasteiger partial charge in [-0.2, -0.15) is 0 Å². The van der Waals surface area contributed by atoms with Gasteiger partial charge in [-0.3, -0.25) is 4.40 Å². The lowest BCUT2D eigenvalue weighted by Crippen LogP contribution is -2.04. The van der Waals surface area contributed by atoms with E-state index in [2.05, 4.69) is 4.98 Å². The number of aryl methyl sites for hydroxylation is 1. The van der Waals surface area contributed by atoms with Crippen LogP contribution in [0.3, 0.4) is 0 Å². The monoisotopic (exact) mass is 378 g/mol. The van der Waals surface area contributed by atoms with E-state index in [0.29, 0.717) is 11.5 Å². The molecule has 5 nitrogen and oxygen atoms in total. The Hall–Kier alpha value is -3.12. The highest BCUT2D eigenvalue weighted by molar-refractivity contribution is 7.19. The number of carbonyl (C=O) groups is 1. The Kier molecular flexibility index (Phi) is 4.64. The summed E-state index contributed by atoms with van der Waals surface area (Å²) in [5.41, 5.74) is 2.69. The van der Waals surface area contributed by atoms with Crippen LogP contribution in [0.5, 0.6) is 11.5 Å². The van der Waals surface area contributed by atoms with Crippen molar-refractivity contribution in [3.05, 3.63) is 71.4 Å². The molecular weight excluding hydrogens is 360 g/mol. The summed E-state index contributed by atoms with van der Waals surface area (Å²) in [5, 5.41) is 0. The van der Waals surface area contributed by atoms with Crippen molar-refractivity contribution in [2.75, 3.05) is 6.61 Å². The van der Waals surface area contributed by atoms with Gasteiger partial charge in [0.15, 0.2) is 4.96 Å². The first-order valence-electron chi connectivity index (χ1n) is 8.64. The number of thiazole rings is 1. The second kappa shape index (κ2) is 7.25. The smallest absolute Gasteiger partial charge is 0.350 e. The number of ether oxygens (including phenoxy) is 2. The van der Waals surface area contributed by atoms with Gasteiger partial charge in [-0.25, -0.2) is 9.78 Å². The molecule has 0 spiro atoms. The van der Waals surface area contributed by atoms with Crippen molar-refractivity contribution in [3.8, 4) is 22.8 Å². The van der Waals surface area contributed by atoms with Crippen molar-refractivity contribution in [1.29, 1.82) is 0 Å². The molecule has 0 radical (unpaired) electrons. The zero-order valence-electron chi connectivity index (χ0n) is 15.0. The van der Waals surface area contributed by atoms with Crippen LogP contribution < -0.4 is 4.74 Å². The maximum Gasteiger partial charge on any atom is 0.350 e. The van der Waals surface area contributed by atoms with E-state index in [1.807, 2.05) is 72.1 Å². The van der Waals surface area contributed by atoms with Gasteiger partial charge in [0.2, 0.25) is 0 Å². The van der Waals surface area contributed by atoms with Gasteiger partial charge < -0.3 is 9.47 Å². The van der Waals surface area contributed by atoms with Gasteiger partial charge in [0.1, 0.15) is 16.4 Å². The second-order valence-corrected chi connectivity index (χ2v) is 6.93.